The highest BCUT2D eigenvalue weighted by atomic mass is 32.2. The standard InChI is InChI=1S/C14H16N6O3S/c15-13(22)10-1-3-11(4-2-10)20-14(16-17-18-20)24-9-12(21)19-5-7-23-8-6-19/h1-4H,5-9H2,(H2,15,22). The molecule has 2 aromatic rings. The Kier molecular flexibility index (Phi) is 5.06. The fraction of sp³-hybridized carbons (Fsp3) is 0.357. The van der Waals surface area contributed by atoms with Crippen LogP contribution in [0.3, 0.4) is 0 Å². The van der Waals surface area contributed by atoms with Crippen molar-refractivity contribution >= 4 is 23.6 Å². The molecule has 2 N–H and O–H groups in total. The van der Waals surface area contributed by atoms with E-state index in [4.69, 9.17) is 10.5 Å². The smallest absolute Gasteiger partial charge is 0.248 e. The van der Waals surface area contributed by atoms with Crippen molar-refractivity contribution in [1.82, 2.24) is 25.1 Å². The van der Waals surface area contributed by atoms with E-state index in [9.17, 15) is 9.59 Å². The number of carbonyl (C=O) groups excluding carboxylic acids is 2. The molecule has 10 heteroatoms. The molecule has 2 amide bonds. The molecule has 126 valence electrons. The summed E-state index contributed by atoms with van der Waals surface area (Å²) >= 11 is 1.26. The minimum atomic E-state index is -0.496. The van der Waals surface area contributed by atoms with Crippen LogP contribution < -0.4 is 5.73 Å². The number of rotatable bonds is 5. The van der Waals surface area contributed by atoms with Crippen molar-refractivity contribution in [1.29, 1.82) is 0 Å². The summed E-state index contributed by atoms with van der Waals surface area (Å²) < 4.78 is 6.75. The number of primary amides is 1. The Bertz CT molecular complexity index is 726. The number of amides is 2. The van der Waals surface area contributed by atoms with Crippen LogP contribution >= 0.6 is 11.8 Å². The van der Waals surface area contributed by atoms with Crippen LogP contribution in [0.4, 0.5) is 0 Å². The van der Waals surface area contributed by atoms with Crippen molar-refractivity contribution < 1.29 is 14.3 Å². The number of hydrogen-bond donors (Lipinski definition) is 1. The number of hydrogen-bond acceptors (Lipinski definition) is 7. The Labute approximate surface area is 142 Å². The Morgan fingerprint density at radius 1 is 1.21 bits per heavy atom. The quantitative estimate of drug-likeness (QED) is 0.738. The first-order valence-electron chi connectivity index (χ1n) is 7.32. The molecule has 1 fully saturated rings. The number of nitrogens with two attached hydrogens (primary N) is 1. The fourth-order valence-electron chi connectivity index (χ4n) is 2.23. The molecule has 0 bridgehead atoms. The van der Waals surface area contributed by atoms with Gasteiger partial charge in [-0.25, -0.2) is 0 Å². The number of nitrogens with zero attached hydrogens (tertiary/aromatic N) is 5. The first kappa shape index (κ1) is 16.4. The monoisotopic (exact) mass is 348 g/mol. The third kappa shape index (κ3) is 3.71. The van der Waals surface area contributed by atoms with Crippen LogP contribution in [0.1, 0.15) is 10.4 Å². The van der Waals surface area contributed by atoms with E-state index >= 15 is 0 Å². The van der Waals surface area contributed by atoms with Gasteiger partial charge in [-0.15, -0.1) is 5.10 Å². The highest BCUT2D eigenvalue weighted by Crippen LogP contribution is 2.19. The van der Waals surface area contributed by atoms with Crippen molar-refractivity contribution in [2.24, 2.45) is 5.73 Å². The number of aromatic nitrogens is 4. The largest absolute Gasteiger partial charge is 0.378 e. The summed E-state index contributed by atoms with van der Waals surface area (Å²) in [6.07, 6.45) is 0. The number of benzene rings is 1. The summed E-state index contributed by atoms with van der Waals surface area (Å²) in [6.45, 7) is 2.36. The lowest BCUT2D eigenvalue weighted by Crippen LogP contribution is -2.41. The molecule has 0 saturated carbocycles. The van der Waals surface area contributed by atoms with Crippen LogP contribution in [0.5, 0.6) is 0 Å². The lowest BCUT2D eigenvalue weighted by molar-refractivity contribution is -0.132. The van der Waals surface area contributed by atoms with E-state index in [1.54, 1.807) is 29.2 Å². The third-order valence-corrected chi connectivity index (χ3v) is 4.43. The molecular weight excluding hydrogens is 332 g/mol. The minimum Gasteiger partial charge on any atom is -0.378 e. The highest BCUT2D eigenvalue weighted by Gasteiger charge is 2.18. The van der Waals surface area contributed by atoms with Crippen LogP contribution in [-0.4, -0.2) is 69.0 Å². The summed E-state index contributed by atoms with van der Waals surface area (Å²) in [5, 5.41) is 12.0. The fourth-order valence-corrected chi connectivity index (χ4v) is 3.02. The number of ether oxygens (including phenoxy) is 1. The van der Waals surface area contributed by atoms with Gasteiger partial charge in [-0.2, -0.15) is 4.68 Å². The van der Waals surface area contributed by atoms with Gasteiger partial charge in [0.05, 0.1) is 24.7 Å². The SMILES string of the molecule is NC(=O)c1ccc(-n2nnnc2SCC(=O)N2CCOCC2)cc1. The molecule has 1 aromatic carbocycles. The van der Waals surface area contributed by atoms with E-state index in [1.165, 1.54) is 16.4 Å². The van der Waals surface area contributed by atoms with E-state index in [2.05, 4.69) is 15.5 Å². The van der Waals surface area contributed by atoms with Gasteiger partial charge in [0.1, 0.15) is 0 Å². The zero-order chi connectivity index (χ0) is 16.9. The Morgan fingerprint density at radius 3 is 2.58 bits per heavy atom. The number of carbonyl (C=O) groups is 2. The van der Waals surface area contributed by atoms with Crippen LogP contribution in [-0.2, 0) is 9.53 Å². The summed E-state index contributed by atoms with van der Waals surface area (Å²) in [5.74, 6) is -0.217. The Balaban J connectivity index is 1.66. The van der Waals surface area contributed by atoms with Crippen molar-refractivity contribution in [3.8, 4) is 5.69 Å². The third-order valence-electron chi connectivity index (χ3n) is 3.53. The van der Waals surface area contributed by atoms with Gasteiger partial charge in [0, 0.05) is 18.7 Å². The van der Waals surface area contributed by atoms with Crippen LogP contribution in [0, 0.1) is 0 Å². The molecule has 9 nitrogen and oxygen atoms in total. The van der Waals surface area contributed by atoms with E-state index in [0.29, 0.717) is 42.7 Å². The zero-order valence-corrected chi connectivity index (χ0v) is 13.6. The minimum absolute atomic E-state index is 0.0296. The lowest BCUT2D eigenvalue weighted by atomic mass is 10.2. The number of tetrazole rings is 1. The molecule has 0 radical (unpaired) electrons. The molecule has 0 spiro atoms. The average molecular weight is 348 g/mol. The zero-order valence-electron chi connectivity index (χ0n) is 12.8. The van der Waals surface area contributed by atoms with Crippen molar-refractivity contribution in [3.63, 3.8) is 0 Å². The maximum absolute atomic E-state index is 12.2. The highest BCUT2D eigenvalue weighted by molar-refractivity contribution is 7.99. The topological polar surface area (TPSA) is 116 Å². The molecule has 0 unspecified atom stereocenters. The molecule has 1 saturated heterocycles. The van der Waals surface area contributed by atoms with Gasteiger partial charge in [-0.3, -0.25) is 9.59 Å². The van der Waals surface area contributed by atoms with Gasteiger partial charge in [0.25, 0.3) is 0 Å². The Hall–Kier alpha value is -2.46. The van der Waals surface area contributed by atoms with Crippen LogP contribution in [0.25, 0.3) is 5.69 Å². The summed E-state index contributed by atoms with van der Waals surface area (Å²) in [6, 6.07) is 6.61. The molecule has 1 aromatic heterocycles. The maximum atomic E-state index is 12.2. The average Bonchev–Trinajstić information content (AvgIpc) is 3.09. The second kappa shape index (κ2) is 7.41. The van der Waals surface area contributed by atoms with Gasteiger partial charge < -0.3 is 15.4 Å². The van der Waals surface area contributed by atoms with E-state index in [-0.39, 0.29) is 11.7 Å². The molecule has 0 aliphatic carbocycles. The molecule has 24 heavy (non-hydrogen) atoms. The maximum Gasteiger partial charge on any atom is 0.248 e. The summed E-state index contributed by atoms with van der Waals surface area (Å²) in [5.41, 5.74) is 6.32. The van der Waals surface area contributed by atoms with Crippen molar-refractivity contribution in [2.45, 2.75) is 5.16 Å². The van der Waals surface area contributed by atoms with Gasteiger partial charge in [0.15, 0.2) is 0 Å². The molecule has 1 aliphatic heterocycles. The van der Waals surface area contributed by atoms with Gasteiger partial charge >= 0.3 is 0 Å². The predicted octanol–water partition coefficient (Wildman–Crippen LogP) is -0.288. The second-order valence-electron chi connectivity index (χ2n) is 5.07. The predicted molar refractivity (Wildman–Crippen MR) is 85.8 cm³/mol. The second-order valence-corrected chi connectivity index (χ2v) is 6.01. The molecule has 0 atom stereocenters. The normalized spacial score (nSPS) is 14.6. The van der Waals surface area contributed by atoms with Crippen LogP contribution in [0.2, 0.25) is 0 Å². The first-order valence-corrected chi connectivity index (χ1v) is 8.30. The van der Waals surface area contributed by atoms with Gasteiger partial charge in [0.2, 0.25) is 17.0 Å². The molecular formula is C14H16N6O3S. The van der Waals surface area contributed by atoms with Gasteiger partial charge in [-0.05, 0) is 34.7 Å². The van der Waals surface area contributed by atoms with Crippen molar-refractivity contribution in [3.05, 3.63) is 29.8 Å². The summed E-state index contributed by atoms with van der Waals surface area (Å²) in [7, 11) is 0. The van der Waals surface area contributed by atoms with Crippen LogP contribution in [0.15, 0.2) is 29.4 Å². The van der Waals surface area contributed by atoms with E-state index in [1.807, 2.05) is 0 Å². The number of thioether (sulfide) groups is 1. The Morgan fingerprint density at radius 2 is 1.92 bits per heavy atom. The summed E-state index contributed by atoms with van der Waals surface area (Å²) in [4.78, 5) is 25.1. The lowest BCUT2D eigenvalue weighted by Gasteiger charge is -2.26. The van der Waals surface area contributed by atoms with E-state index < -0.39 is 5.91 Å². The molecule has 2 heterocycles. The number of morpholine rings is 1. The first-order chi connectivity index (χ1) is 11.6. The van der Waals surface area contributed by atoms with Gasteiger partial charge in [-0.1, -0.05) is 11.8 Å². The van der Waals surface area contributed by atoms with E-state index in [0.717, 1.165) is 0 Å². The van der Waals surface area contributed by atoms with Crippen molar-refractivity contribution in [2.75, 3.05) is 32.1 Å². The molecule has 1 aliphatic rings. The molecule has 3 rings (SSSR count).